The molecule has 1 aliphatic heterocycles. The van der Waals surface area contributed by atoms with E-state index in [-0.39, 0.29) is 6.03 Å². The van der Waals surface area contributed by atoms with Crippen molar-refractivity contribution >= 4 is 6.03 Å². The van der Waals surface area contributed by atoms with Gasteiger partial charge in [-0.2, -0.15) is 0 Å². The first-order valence-electron chi connectivity index (χ1n) is 11.0. The van der Waals surface area contributed by atoms with Crippen LogP contribution in [0.1, 0.15) is 16.7 Å². The van der Waals surface area contributed by atoms with Gasteiger partial charge in [0.1, 0.15) is 11.5 Å². The zero-order valence-corrected chi connectivity index (χ0v) is 18.1. The van der Waals surface area contributed by atoms with E-state index in [0.29, 0.717) is 13.1 Å². The van der Waals surface area contributed by atoms with Gasteiger partial charge in [-0.3, -0.25) is 4.90 Å². The second kappa shape index (κ2) is 11.3. The number of amides is 2. The lowest BCUT2D eigenvalue weighted by Gasteiger charge is -2.27. The SMILES string of the molecule is O=C(NCc1cccc(Oc2ccccc2)c1)NCc1ccccc1CN1CCOCC1. The maximum Gasteiger partial charge on any atom is 0.315 e. The van der Waals surface area contributed by atoms with Crippen molar-refractivity contribution < 1.29 is 14.3 Å². The molecule has 4 rings (SSSR count). The normalized spacial score (nSPS) is 14.0. The van der Waals surface area contributed by atoms with Gasteiger partial charge in [-0.1, -0.05) is 54.6 Å². The molecule has 0 unspecified atom stereocenters. The lowest BCUT2D eigenvalue weighted by molar-refractivity contribution is 0.0341. The number of hydrogen-bond acceptors (Lipinski definition) is 4. The van der Waals surface area contributed by atoms with E-state index < -0.39 is 0 Å². The number of hydrogen-bond donors (Lipinski definition) is 2. The number of morpholine rings is 1. The highest BCUT2D eigenvalue weighted by Gasteiger charge is 2.13. The van der Waals surface area contributed by atoms with Gasteiger partial charge in [0.25, 0.3) is 0 Å². The number of carbonyl (C=O) groups is 1. The van der Waals surface area contributed by atoms with Gasteiger partial charge in [-0.15, -0.1) is 0 Å². The van der Waals surface area contributed by atoms with Crippen molar-refractivity contribution in [3.8, 4) is 11.5 Å². The molecule has 1 heterocycles. The molecule has 32 heavy (non-hydrogen) atoms. The molecule has 0 radical (unpaired) electrons. The third kappa shape index (κ3) is 6.57. The lowest BCUT2D eigenvalue weighted by atomic mass is 10.1. The van der Waals surface area contributed by atoms with E-state index in [9.17, 15) is 4.79 Å². The maximum atomic E-state index is 12.4. The zero-order chi connectivity index (χ0) is 22.0. The molecule has 2 amide bonds. The van der Waals surface area contributed by atoms with Crippen LogP contribution in [0.5, 0.6) is 11.5 Å². The largest absolute Gasteiger partial charge is 0.457 e. The molecule has 2 N–H and O–H groups in total. The first-order valence-corrected chi connectivity index (χ1v) is 11.0. The molecule has 6 heteroatoms. The molecule has 3 aromatic carbocycles. The van der Waals surface area contributed by atoms with Crippen molar-refractivity contribution in [3.63, 3.8) is 0 Å². The number of urea groups is 1. The van der Waals surface area contributed by atoms with Crippen LogP contribution >= 0.6 is 0 Å². The minimum Gasteiger partial charge on any atom is -0.457 e. The van der Waals surface area contributed by atoms with Crippen LogP contribution in [-0.2, 0) is 24.4 Å². The van der Waals surface area contributed by atoms with E-state index in [4.69, 9.17) is 9.47 Å². The van der Waals surface area contributed by atoms with E-state index in [1.807, 2.05) is 66.7 Å². The summed E-state index contributed by atoms with van der Waals surface area (Å²) in [5.41, 5.74) is 3.34. The molecule has 0 spiro atoms. The van der Waals surface area contributed by atoms with Crippen molar-refractivity contribution in [1.29, 1.82) is 0 Å². The predicted octanol–water partition coefficient (Wildman–Crippen LogP) is 4.31. The van der Waals surface area contributed by atoms with Crippen LogP contribution < -0.4 is 15.4 Å². The van der Waals surface area contributed by atoms with Gasteiger partial charge in [-0.25, -0.2) is 4.79 Å². The first-order chi connectivity index (χ1) is 15.8. The second-order valence-corrected chi connectivity index (χ2v) is 7.76. The van der Waals surface area contributed by atoms with Gasteiger partial charge in [0.2, 0.25) is 0 Å². The molecule has 0 atom stereocenters. The Labute approximate surface area is 189 Å². The molecule has 6 nitrogen and oxygen atoms in total. The maximum absolute atomic E-state index is 12.4. The van der Waals surface area contributed by atoms with Crippen LogP contribution in [0.15, 0.2) is 78.9 Å². The smallest absolute Gasteiger partial charge is 0.315 e. The highest BCUT2D eigenvalue weighted by Crippen LogP contribution is 2.21. The van der Waals surface area contributed by atoms with Gasteiger partial charge >= 0.3 is 6.03 Å². The predicted molar refractivity (Wildman–Crippen MR) is 125 cm³/mol. The van der Waals surface area contributed by atoms with E-state index in [0.717, 1.165) is 55.5 Å². The molecule has 0 bridgehead atoms. The van der Waals surface area contributed by atoms with Gasteiger partial charge in [0.15, 0.2) is 0 Å². The van der Waals surface area contributed by atoms with Crippen LogP contribution in [0.3, 0.4) is 0 Å². The quantitative estimate of drug-likeness (QED) is 0.558. The Hall–Kier alpha value is -3.35. The minimum atomic E-state index is -0.194. The summed E-state index contributed by atoms with van der Waals surface area (Å²) in [6.45, 7) is 5.22. The van der Waals surface area contributed by atoms with Crippen LogP contribution in [-0.4, -0.2) is 37.2 Å². The molecule has 1 fully saturated rings. The Bertz CT molecular complexity index is 1000. The third-order valence-corrected chi connectivity index (χ3v) is 5.39. The summed E-state index contributed by atoms with van der Waals surface area (Å²) in [5.74, 6) is 1.53. The van der Waals surface area contributed by atoms with Crippen LogP contribution in [0, 0.1) is 0 Å². The fourth-order valence-corrected chi connectivity index (χ4v) is 3.65. The topological polar surface area (TPSA) is 62.8 Å². The first kappa shape index (κ1) is 21.9. The van der Waals surface area contributed by atoms with Crippen molar-refractivity contribution in [3.05, 3.63) is 95.6 Å². The second-order valence-electron chi connectivity index (χ2n) is 7.76. The molecule has 1 saturated heterocycles. The van der Waals surface area contributed by atoms with E-state index in [1.165, 1.54) is 5.56 Å². The Balaban J connectivity index is 1.26. The van der Waals surface area contributed by atoms with E-state index in [2.05, 4.69) is 27.7 Å². The monoisotopic (exact) mass is 431 g/mol. The summed E-state index contributed by atoms with van der Waals surface area (Å²) in [4.78, 5) is 14.8. The zero-order valence-electron chi connectivity index (χ0n) is 18.1. The van der Waals surface area contributed by atoms with Crippen molar-refractivity contribution in [2.24, 2.45) is 0 Å². The fraction of sp³-hybridized carbons (Fsp3) is 0.269. The summed E-state index contributed by atoms with van der Waals surface area (Å²) in [7, 11) is 0. The fourth-order valence-electron chi connectivity index (χ4n) is 3.65. The van der Waals surface area contributed by atoms with Crippen molar-refractivity contribution in [1.82, 2.24) is 15.5 Å². The number of nitrogens with zero attached hydrogens (tertiary/aromatic N) is 1. The molecule has 0 saturated carbocycles. The number of ether oxygens (including phenoxy) is 2. The summed E-state index contributed by atoms with van der Waals surface area (Å²) in [6, 6.07) is 25.4. The number of benzene rings is 3. The van der Waals surface area contributed by atoms with E-state index in [1.54, 1.807) is 0 Å². The number of para-hydroxylation sites is 1. The Morgan fingerprint density at radius 3 is 2.31 bits per heavy atom. The lowest BCUT2D eigenvalue weighted by Crippen LogP contribution is -2.37. The highest BCUT2D eigenvalue weighted by molar-refractivity contribution is 5.73. The summed E-state index contributed by atoms with van der Waals surface area (Å²) >= 11 is 0. The van der Waals surface area contributed by atoms with Crippen LogP contribution in [0.25, 0.3) is 0 Å². The summed E-state index contributed by atoms with van der Waals surface area (Å²) in [6.07, 6.45) is 0. The number of rotatable bonds is 8. The minimum absolute atomic E-state index is 0.194. The molecule has 166 valence electrons. The summed E-state index contributed by atoms with van der Waals surface area (Å²) < 4.78 is 11.3. The molecule has 1 aliphatic rings. The average molecular weight is 432 g/mol. The van der Waals surface area contributed by atoms with Gasteiger partial charge < -0.3 is 20.1 Å². The van der Waals surface area contributed by atoms with Gasteiger partial charge in [0.05, 0.1) is 13.2 Å². The van der Waals surface area contributed by atoms with Gasteiger partial charge in [-0.05, 0) is 41.0 Å². The Morgan fingerprint density at radius 2 is 1.50 bits per heavy atom. The van der Waals surface area contributed by atoms with Crippen molar-refractivity contribution in [2.45, 2.75) is 19.6 Å². The molecule has 3 aromatic rings. The number of carbonyl (C=O) groups excluding carboxylic acids is 1. The van der Waals surface area contributed by atoms with Crippen LogP contribution in [0.4, 0.5) is 4.79 Å². The van der Waals surface area contributed by atoms with Gasteiger partial charge in [0, 0.05) is 32.7 Å². The van der Waals surface area contributed by atoms with Crippen LogP contribution in [0.2, 0.25) is 0 Å². The standard InChI is InChI=1S/C26H29N3O3/c30-26(27-18-21-7-6-12-25(17-21)32-24-10-2-1-3-11-24)28-19-22-8-4-5-9-23(22)20-29-13-15-31-16-14-29/h1-12,17H,13-16,18-20H2,(H2,27,28,30). The highest BCUT2D eigenvalue weighted by atomic mass is 16.5. The Kier molecular flexibility index (Phi) is 7.74. The molecular formula is C26H29N3O3. The van der Waals surface area contributed by atoms with Crippen molar-refractivity contribution in [2.75, 3.05) is 26.3 Å². The molecule has 0 aromatic heterocycles. The average Bonchev–Trinajstić information content (AvgIpc) is 2.84. The molecular weight excluding hydrogens is 402 g/mol. The molecule has 0 aliphatic carbocycles. The summed E-state index contributed by atoms with van der Waals surface area (Å²) in [5, 5.41) is 5.91. The van der Waals surface area contributed by atoms with E-state index >= 15 is 0 Å². The number of nitrogens with one attached hydrogen (secondary N) is 2. The Morgan fingerprint density at radius 1 is 0.812 bits per heavy atom. The third-order valence-electron chi connectivity index (χ3n) is 5.39.